The third-order valence-electron chi connectivity index (χ3n) is 5.59. The van der Waals surface area contributed by atoms with Crippen molar-refractivity contribution in [2.75, 3.05) is 17.2 Å². The predicted octanol–water partition coefficient (Wildman–Crippen LogP) is 6.36. The van der Waals surface area contributed by atoms with E-state index in [0.717, 1.165) is 23.7 Å². The van der Waals surface area contributed by atoms with Crippen LogP contribution in [-0.2, 0) is 4.79 Å². The monoisotopic (exact) mass is 533 g/mol. The summed E-state index contributed by atoms with van der Waals surface area (Å²) in [6.45, 7) is 7.20. The van der Waals surface area contributed by atoms with Gasteiger partial charge in [-0.1, -0.05) is 24.8 Å². The minimum atomic E-state index is -3.03. The first kappa shape index (κ1) is 27.3. The topological polar surface area (TPSA) is 96.8 Å². The van der Waals surface area contributed by atoms with Crippen LogP contribution in [0.4, 0.5) is 25.0 Å². The molecule has 4 rings (SSSR count). The van der Waals surface area contributed by atoms with Crippen molar-refractivity contribution in [1.82, 2.24) is 14.7 Å². The summed E-state index contributed by atoms with van der Waals surface area (Å²) in [6, 6.07) is 15.6. The van der Waals surface area contributed by atoms with E-state index in [2.05, 4.69) is 27.5 Å². The highest BCUT2D eigenvalue weighted by Gasteiger charge is 2.22. The number of pyridine rings is 1. The third kappa shape index (κ3) is 6.98. The van der Waals surface area contributed by atoms with Crippen LogP contribution in [-0.4, -0.2) is 39.9 Å². The van der Waals surface area contributed by atoms with Crippen molar-refractivity contribution in [3.05, 3.63) is 79.6 Å². The van der Waals surface area contributed by atoms with Crippen LogP contribution in [0.2, 0.25) is 0 Å². The van der Waals surface area contributed by atoms with E-state index >= 15 is 0 Å². The lowest BCUT2D eigenvalue weighted by Crippen LogP contribution is -2.37. The van der Waals surface area contributed by atoms with Gasteiger partial charge in [0.05, 0.1) is 24.5 Å². The zero-order valence-corrected chi connectivity index (χ0v) is 21.8. The Hall–Kier alpha value is -4.73. The maximum atomic E-state index is 13.2. The van der Waals surface area contributed by atoms with Crippen LogP contribution in [0, 0.1) is 0 Å². The number of anilines is 2. The van der Waals surface area contributed by atoms with Crippen molar-refractivity contribution in [3.8, 4) is 28.1 Å². The molecule has 0 bridgehead atoms. The fraction of sp³-hybridized carbons (Fsp3) is 0.207. The molecule has 0 atom stereocenters. The zero-order chi connectivity index (χ0) is 28.2. The van der Waals surface area contributed by atoms with E-state index in [1.54, 1.807) is 18.3 Å². The first-order valence-electron chi connectivity index (χ1n) is 12.3. The predicted molar refractivity (Wildman–Crippen MR) is 148 cm³/mol. The summed E-state index contributed by atoms with van der Waals surface area (Å²) >= 11 is 0. The van der Waals surface area contributed by atoms with Gasteiger partial charge in [0.2, 0.25) is 5.91 Å². The maximum Gasteiger partial charge on any atom is 0.319 e. The molecule has 2 aromatic heterocycles. The Kier molecular flexibility index (Phi) is 7.94. The fourth-order valence-corrected chi connectivity index (χ4v) is 3.96. The minimum Gasteiger partial charge on any atom is -0.491 e. The summed E-state index contributed by atoms with van der Waals surface area (Å²) in [5, 5.41) is 7.59. The lowest BCUT2D eigenvalue weighted by Gasteiger charge is -2.16. The van der Waals surface area contributed by atoms with Gasteiger partial charge >= 0.3 is 6.03 Å². The molecule has 0 aliphatic rings. The van der Waals surface area contributed by atoms with E-state index in [-0.39, 0.29) is 12.0 Å². The van der Waals surface area contributed by atoms with E-state index in [1.807, 2.05) is 66.9 Å². The van der Waals surface area contributed by atoms with E-state index in [4.69, 9.17) is 4.74 Å². The Bertz CT molecular complexity index is 1530. The molecule has 10 heteroatoms. The summed E-state index contributed by atoms with van der Waals surface area (Å²) in [7, 11) is 0. The molecule has 0 aliphatic heterocycles. The molecule has 4 aromatic rings. The van der Waals surface area contributed by atoms with Gasteiger partial charge in [0.25, 0.3) is 5.92 Å². The van der Waals surface area contributed by atoms with Gasteiger partial charge in [-0.15, -0.1) is 0 Å². The molecular weight excluding hydrogens is 504 g/mol. The van der Waals surface area contributed by atoms with Crippen LogP contribution in [0.3, 0.4) is 0 Å². The Morgan fingerprint density at radius 2 is 1.87 bits per heavy atom. The molecule has 2 aromatic carbocycles. The van der Waals surface area contributed by atoms with Crippen molar-refractivity contribution < 1.29 is 23.1 Å². The number of imidazole rings is 1. The molecule has 0 spiro atoms. The summed E-state index contributed by atoms with van der Waals surface area (Å²) < 4.78 is 34.1. The SMILES string of the molecule is C=CC(=O)Nc1ccccc1-c1ccn2c(-c3cc(NC(=O)NCC(C)(F)F)cc(OC(C)C)c3)cnc2c1. The Labute approximate surface area is 224 Å². The van der Waals surface area contributed by atoms with Crippen molar-refractivity contribution in [2.45, 2.75) is 32.8 Å². The highest BCUT2D eigenvalue weighted by molar-refractivity contribution is 6.01. The number of nitrogens with zero attached hydrogens (tertiary/aromatic N) is 2. The number of nitrogens with one attached hydrogen (secondary N) is 3. The number of fused-ring (bicyclic) bond motifs is 1. The van der Waals surface area contributed by atoms with Gasteiger partial charge in [0.1, 0.15) is 11.4 Å². The molecule has 3 amide bonds. The molecule has 0 aliphatic carbocycles. The lowest BCUT2D eigenvalue weighted by atomic mass is 10.0. The highest BCUT2D eigenvalue weighted by Crippen LogP contribution is 2.33. The number of halogens is 2. The van der Waals surface area contributed by atoms with Crippen LogP contribution < -0.4 is 20.7 Å². The number of carbonyl (C=O) groups is 2. The summed E-state index contributed by atoms with van der Waals surface area (Å²) in [4.78, 5) is 28.7. The Balaban J connectivity index is 1.68. The molecule has 0 unspecified atom stereocenters. The quantitative estimate of drug-likeness (QED) is 0.218. The number of aromatic nitrogens is 2. The number of ether oxygens (including phenoxy) is 1. The number of hydrogen-bond acceptors (Lipinski definition) is 4. The second kappa shape index (κ2) is 11.3. The van der Waals surface area contributed by atoms with Crippen LogP contribution in [0.5, 0.6) is 5.75 Å². The number of amides is 3. The van der Waals surface area contributed by atoms with E-state index in [1.165, 1.54) is 6.08 Å². The average molecular weight is 534 g/mol. The molecule has 0 fully saturated rings. The molecule has 0 radical (unpaired) electrons. The van der Waals surface area contributed by atoms with Crippen LogP contribution in [0.25, 0.3) is 28.0 Å². The molecule has 202 valence electrons. The molecule has 39 heavy (non-hydrogen) atoms. The largest absolute Gasteiger partial charge is 0.491 e. The second-order valence-corrected chi connectivity index (χ2v) is 9.32. The first-order valence-corrected chi connectivity index (χ1v) is 12.3. The van der Waals surface area contributed by atoms with Crippen molar-refractivity contribution in [2.24, 2.45) is 0 Å². The van der Waals surface area contributed by atoms with Gasteiger partial charge in [0, 0.05) is 41.7 Å². The molecule has 0 saturated carbocycles. The van der Waals surface area contributed by atoms with Crippen molar-refractivity contribution >= 4 is 29.0 Å². The van der Waals surface area contributed by atoms with E-state index in [0.29, 0.717) is 28.3 Å². The summed E-state index contributed by atoms with van der Waals surface area (Å²) in [6.07, 6.45) is 4.63. The zero-order valence-electron chi connectivity index (χ0n) is 21.8. The van der Waals surface area contributed by atoms with E-state index in [9.17, 15) is 18.4 Å². The van der Waals surface area contributed by atoms with Crippen LogP contribution >= 0.6 is 0 Å². The molecule has 3 N–H and O–H groups in total. The molecule has 2 heterocycles. The van der Waals surface area contributed by atoms with Gasteiger partial charge < -0.3 is 20.7 Å². The number of carbonyl (C=O) groups excluding carboxylic acids is 2. The fourth-order valence-electron chi connectivity index (χ4n) is 3.96. The molecule has 0 saturated heterocycles. The number of rotatable bonds is 9. The van der Waals surface area contributed by atoms with Crippen molar-refractivity contribution in [1.29, 1.82) is 0 Å². The number of urea groups is 1. The van der Waals surface area contributed by atoms with Gasteiger partial charge in [0.15, 0.2) is 0 Å². The molecule has 8 nitrogen and oxygen atoms in total. The minimum absolute atomic E-state index is 0.132. The average Bonchev–Trinajstić information content (AvgIpc) is 3.30. The Morgan fingerprint density at radius 1 is 1.10 bits per heavy atom. The summed E-state index contributed by atoms with van der Waals surface area (Å²) in [5.74, 6) is -2.84. The van der Waals surface area contributed by atoms with Crippen molar-refractivity contribution in [3.63, 3.8) is 0 Å². The van der Waals surface area contributed by atoms with Crippen LogP contribution in [0.1, 0.15) is 20.8 Å². The standard InChI is InChI=1S/C29H29F2N5O3/c1-5-27(37)35-24-9-7-6-8-23(24)19-10-11-36-25(16-32-26(36)14-19)20-12-21(15-22(13-20)39-18(2)3)34-28(38)33-17-29(4,30)31/h5-16,18H,1,17H2,2-4H3,(H,35,37)(H2,33,34,38). The van der Waals surface area contributed by atoms with Gasteiger partial charge in [-0.3, -0.25) is 9.20 Å². The van der Waals surface area contributed by atoms with E-state index < -0.39 is 18.5 Å². The van der Waals surface area contributed by atoms with Gasteiger partial charge in [-0.2, -0.15) is 0 Å². The number of para-hydroxylation sites is 1. The maximum absolute atomic E-state index is 13.2. The third-order valence-corrected chi connectivity index (χ3v) is 5.59. The summed E-state index contributed by atoms with van der Waals surface area (Å²) in [5.41, 5.74) is 4.77. The smallest absolute Gasteiger partial charge is 0.319 e. The van der Waals surface area contributed by atoms with Crippen LogP contribution in [0.15, 0.2) is 79.6 Å². The number of hydrogen-bond donors (Lipinski definition) is 3. The number of benzene rings is 2. The second-order valence-electron chi connectivity index (χ2n) is 9.32. The normalized spacial score (nSPS) is 11.3. The lowest BCUT2D eigenvalue weighted by molar-refractivity contribution is -0.111. The number of alkyl halides is 2. The van der Waals surface area contributed by atoms with Gasteiger partial charge in [-0.05, 0) is 55.8 Å². The molecular formula is C29H29F2N5O3. The van der Waals surface area contributed by atoms with Gasteiger partial charge in [-0.25, -0.2) is 18.6 Å². The highest BCUT2D eigenvalue weighted by atomic mass is 19.3. The Morgan fingerprint density at radius 3 is 2.59 bits per heavy atom. The first-order chi connectivity index (χ1) is 18.5.